The number of carbonyl (C=O) groups excluding carboxylic acids is 1. The average Bonchev–Trinajstić information content (AvgIpc) is 2.71. The van der Waals surface area contributed by atoms with Crippen LogP contribution in [0.25, 0.3) is 0 Å². The lowest BCUT2D eigenvalue weighted by Gasteiger charge is -2.17. The van der Waals surface area contributed by atoms with E-state index in [9.17, 15) is 4.79 Å². The highest BCUT2D eigenvalue weighted by molar-refractivity contribution is 5.85. The third-order valence-electron chi connectivity index (χ3n) is 3.28. The van der Waals surface area contributed by atoms with Crippen LogP contribution in [0.1, 0.15) is 38.3 Å². The summed E-state index contributed by atoms with van der Waals surface area (Å²) in [5.41, 5.74) is 2.49. The molecule has 1 aliphatic rings. The summed E-state index contributed by atoms with van der Waals surface area (Å²) in [5, 5.41) is 0. The van der Waals surface area contributed by atoms with Gasteiger partial charge in [-0.2, -0.15) is 0 Å². The van der Waals surface area contributed by atoms with Gasteiger partial charge in [0, 0.05) is 5.41 Å². The third-order valence-corrected chi connectivity index (χ3v) is 3.28. The number of ketones is 1. The second-order valence-corrected chi connectivity index (χ2v) is 5.75. The Kier molecular flexibility index (Phi) is 3.23. The van der Waals surface area contributed by atoms with E-state index in [4.69, 9.17) is 4.74 Å². The lowest BCUT2D eigenvalue weighted by Crippen LogP contribution is -2.26. The van der Waals surface area contributed by atoms with Crippen LogP contribution in [0.2, 0.25) is 0 Å². The number of benzene rings is 1. The number of hydrogen-bond donors (Lipinski definition) is 0. The van der Waals surface area contributed by atoms with E-state index in [1.807, 2.05) is 26.8 Å². The normalized spacial score (nSPS) is 14.5. The van der Waals surface area contributed by atoms with Crippen molar-refractivity contribution in [1.29, 1.82) is 0 Å². The number of fused-ring (bicyclic) bond motifs is 1. The molecule has 0 bridgehead atoms. The molecule has 1 aromatic rings. The molecule has 0 aliphatic heterocycles. The van der Waals surface area contributed by atoms with Crippen LogP contribution in [-0.2, 0) is 17.6 Å². The minimum atomic E-state index is -0.323. The van der Waals surface area contributed by atoms with Crippen LogP contribution in [-0.4, -0.2) is 12.4 Å². The molecule has 0 amide bonds. The number of ether oxygens (including phenoxy) is 1. The Morgan fingerprint density at radius 1 is 1.24 bits per heavy atom. The van der Waals surface area contributed by atoms with E-state index in [-0.39, 0.29) is 17.8 Å². The van der Waals surface area contributed by atoms with Crippen molar-refractivity contribution < 1.29 is 9.53 Å². The monoisotopic (exact) mass is 232 g/mol. The van der Waals surface area contributed by atoms with E-state index in [0.29, 0.717) is 0 Å². The summed E-state index contributed by atoms with van der Waals surface area (Å²) in [6, 6.07) is 6.18. The molecule has 1 aromatic carbocycles. The molecule has 92 valence electrons. The first-order valence-corrected chi connectivity index (χ1v) is 6.25. The van der Waals surface area contributed by atoms with Crippen molar-refractivity contribution in [2.75, 3.05) is 6.61 Å². The van der Waals surface area contributed by atoms with E-state index < -0.39 is 0 Å². The predicted molar refractivity (Wildman–Crippen MR) is 68.4 cm³/mol. The maximum Gasteiger partial charge on any atom is 0.175 e. The van der Waals surface area contributed by atoms with Crippen LogP contribution in [0.4, 0.5) is 0 Å². The second kappa shape index (κ2) is 4.52. The fourth-order valence-electron chi connectivity index (χ4n) is 2.00. The first-order chi connectivity index (χ1) is 7.97. The van der Waals surface area contributed by atoms with E-state index in [1.54, 1.807) is 0 Å². The number of carbonyl (C=O) groups is 1. The van der Waals surface area contributed by atoms with E-state index in [1.165, 1.54) is 24.0 Å². The fourth-order valence-corrected chi connectivity index (χ4v) is 2.00. The van der Waals surface area contributed by atoms with Gasteiger partial charge in [0.2, 0.25) is 0 Å². The van der Waals surface area contributed by atoms with Crippen molar-refractivity contribution >= 4 is 5.78 Å². The van der Waals surface area contributed by atoms with E-state index in [2.05, 4.69) is 12.1 Å². The highest BCUT2D eigenvalue weighted by Crippen LogP contribution is 2.26. The van der Waals surface area contributed by atoms with Gasteiger partial charge in [0.15, 0.2) is 5.78 Å². The van der Waals surface area contributed by atoms with Crippen molar-refractivity contribution in [3.05, 3.63) is 29.3 Å². The van der Waals surface area contributed by atoms with Gasteiger partial charge in [0.25, 0.3) is 0 Å². The number of hydrogen-bond acceptors (Lipinski definition) is 2. The first kappa shape index (κ1) is 12.2. The summed E-state index contributed by atoms with van der Waals surface area (Å²) < 4.78 is 5.57. The van der Waals surface area contributed by atoms with Gasteiger partial charge in [-0.05, 0) is 42.5 Å². The van der Waals surface area contributed by atoms with Crippen LogP contribution in [0.3, 0.4) is 0 Å². The Morgan fingerprint density at radius 2 is 1.94 bits per heavy atom. The van der Waals surface area contributed by atoms with Crippen LogP contribution in [0.5, 0.6) is 5.75 Å². The summed E-state index contributed by atoms with van der Waals surface area (Å²) in [4.78, 5) is 11.7. The quantitative estimate of drug-likeness (QED) is 0.800. The molecule has 1 aliphatic carbocycles. The molecular formula is C15H20O2. The minimum absolute atomic E-state index is 0.137. The smallest absolute Gasteiger partial charge is 0.175 e. The van der Waals surface area contributed by atoms with Gasteiger partial charge >= 0.3 is 0 Å². The highest BCUT2D eigenvalue weighted by atomic mass is 16.5. The molecule has 0 saturated carbocycles. The molecule has 0 atom stereocenters. The average molecular weight is 232 g/mol. The molecule has 0 heterocycles. The molecule has 0 fully saturated rings. The summed E-state index contributed by atoms with van der Waals surface area (Å²) in [7, 11) is 0. The number of aryl methyl sites for hydroxylation is 2. The minimum Gasteiger partial charge on any atom is -0.486 e. The molecule has 0 saturated heterocycles. The van der Waals surface area contributed by atoms with Crippen molar-refractivity contribution in [3.63, 3.8) is 0 Å². The van der Waals surface area contributed by atoms with Gasteiger partial charge in [-0.25, -0.2) is 0 Å². The lowest BCUT2D eigenvalue weighted by atomic mass is 9.91. The van der Waals surface area contributed by atoms with Crippen molar-refractivity contribution in [1.82, 2.24) is 0 Å². The Hall–Kier alpha value is -1.31. The van der Waals surface area contributed by atoms with Crippen molar-refractivity contribution in [2.45, 2.75) is 40.0 Å². The Balaban J connectivity index is 1.98. The molecule has 2 rings (SSSR count). The maximum atomic E-state index is 11.7. The second-order valence-electron chi connectivity index (χ2n) is 5.75. The Bertz CT molecular complexity index is 427. The molecular weight excluding hydrogens is 212 g/mol. The maximum absolute atomic E-state index is 11.7. The standard InChI is InChI=1S/C15H20O2/c1-15(2,3)14(16)10-17-13-8-7-11-5-4-6-12(11)9-13/h7-9H,4-6,10H2,1-3H3. The first-order valence-electron chi connectivity index (χ1n) is 6.25. The summed E-state index contributed by atoms with van der Waals surface area (Å²) in [6.07, 6.45) is 3.55. The third kappa shape index (κ3) is 2.87. The predicted octanol–water partition coefficient (Wildman–Crippen LogP) is 3.17. The van der Waals surface area contributed by atoms with Crippen LogP contribution in [0, 0.1) is 5.41 Å². The van der Waals surface area contributed by atoms with Gasteiger partial charge in [-0.3, -0.25) is 4.79 Å². The molecule has 0 spiro atoms. The highest BCUT2D eigenvalue weighted by Gasteiger charge is 2.21. The van der Waals surface area contributed by atoms with Gasteiger partial charge in [-0.1, -0.05) is 26.8 Å². The Labute approximate surface area is 103 Å². The molecule has 0 unspecified atom stereocenters. The van der Waals surface area contributed by atoms with Crippen LogP contribution in [0.15, 0.2) is 18.2 Å². The topological polar surface area (TPSA) is 26.3 Å². The van der Waals surface area contributed by atoms with Crippen LogP contribution >= 0.6 is 0 Å². The molecule has 0 aromatic heterocycles. The Morgan fingerprint density at radius 3 is 2.65 bits per heavy atom. The van der Waals surface area contributed by atoms with Gasteiger partial charge in [0.1, 0.15) is 12.4 Å². The summed E-state index contributed by atoms with van der Waals surface area (Å²) >= 11 is 0. The van der Waals surface area contributed by atoms with Gasteiger partial charge < -0.3 is 4.74 Å². The van der Waals surface area contributed by atoms with E-state index in [0.717, 1.165) is 12.2 Å². The molecule has 2 heteroatoms. The zero-order chi connectivity index (χ0) is 12.5. The van der Waals surface area contributed by atoms with Gasteiger partial charge in [0.05, 0.1) is 0 Å². The fraction of sp³-hybridized carbons (Fsp3) is 0.533. The molecule has 17 heavy (non-hydrogen) atoms. The van der Waals surface area contributed by atoms with E-state index >= 15 is 0 Å². The van der Waals surface area contributed by atoms with Crippen molar-refractivity contribution in [2.24, 2.45) is 5.41 Å². The molecule has 0 N–H and O–H groups in total. The van der Waals surface area contributed by atoms with Crippen molar-refractivity contribution in [3.8, 4) is 5.75 Å². The zero-order valence-electron chi connectivity index (χ0n) is 10.9. The summed E-state index contributed by atoms with van der Waals surface area (Å²) in [5.74, 6) is 0.959. The van der Waals surface area contributed by atoms with Gasteiger partial charge in [-0.15, -0.1) is 0 Å². The van der Waals surface area contributed by atoms with Crippen LogP contribution < -0.4 is 4.74 Å². The molecule has 2 nitrogen and oxygen atoms in total. The zero-order valence-corrected chi connectivity index (χ0v) is 10.9. The SMILES string of the molecule is CC(C)(C)C(=O)COc1ccc2c(c1)CCC2. The summed E-state index contributed by atoms with van der Waals surface area (Å²) in [6.45, 7) is 5.92. The molecule has 0 radical (unpaired) electrons. The lowest BCUT2D eigenvalue weighted by molar-refractivity contribution is -0.128. The number of Topliss-reactive ketones (excluding diaryl/α,β-unsaturated/α-hetero) is 1. The largest absolute Gasteiger partial charge is 0.486 e. The number of rotatable bonds is 3.